The fraction of sp³-hybridized carbons (Fsp3) is 0.0667. The van der Waals surface area contributed by atoms with E-state index in [9.17, 15) is 0 Å². The van der Waals surface area contributed by atoms with Crippen LogP contribution in [0.2, 0.25) is 0 Å². The van der Waals surface area contributed by atoms with Crippen molar-refractivity contribution in [3.05, 3.63) is 72.4 Å². The molecule has 2 aromatic rings. The second-order valence-electron chi connectivity index (χ2n) is 3.82. The maximum absolute atomic E-state index is 2.38. The lowest BCUT2D eigenvalue weighted by Crippen LogP contribution is -2.40. The molecule has 0 aliphatic carbocycles. The van der Waals surface area contributed by atoms with Crippen LogP contribution in [0.5, 0.6) is 0 Å². The van der Waals surface area contributed by atoms with E-state index in [-0.39, 0.29) is 0 Å². The van der Waals surface area contributed by atoms with Gasteiger partial charge in [-0.1, -0.05) is 82.8 Å². The molecule has 2 rings (SSSR count). The van der Waals surface area contributed by atoms with E-state index in [1.807, 2.05) is 0 Å². The van der Waals surface area contributed by atoms with Crippen molar-refractivity contribution in [3.8, 4) is 0 Å². The summed E-state index contributed by atoms with van der Waals surface area (Å²) in [7, 11) is -1.13. The van der Waals surface area contributed by atoms with Gasteiger partial charge in [-0.2, -0.15) is 0 Å². The van der Waals surface area contributed by atoms with E-state index in [0.717, 1.165) is 0 Å². The van der Waals surface area contributed by atoms with Crippen molar-refractivity contribution in [2.24, 2.45) is 0 Å². The maximum Gasteiger partial charge on any atom is 0.125 e. The minimum absolute atomic E-state index is 1.13. The smallest absolute Gasteiger partial charge is 0.0951 e. The summed E-state index contributed by atoms with van der Waals surface area (Å²) in [6, 6.07) is 21.6. The van der Waals surface area contributed by atoms with E-state index < -0.39 is 8.80 Å². The van der Waals surface area contributed by atoms with E-state index in [1.54, 1.807) is 0 Å². The number of rotatable bonds is 3. The first-order valence-electron chi connectivity index (χ1n) is 5.64. The molecule has 0 unspecified atom stereocenters. The van der Waals surface area contributed by atoms with Crippen LogP contribution < -0.4 is 10.4 Å². The summed E-state index contributed by atoms with van der Waals surface area (Å²) in [5.41, 5.74) is 2.38. The first-order chi connectivity index (χ1) is 7.92. The van der Waals surface area contributed by atoms with Crippen LogP contribution in [0.4, 0.5) is 0 Å². The van der Waals surface area contributed by atoms with E-state index in [4.69, 9.17) is 0 Å². The van der Waals surface area contributed by atoms with Gasteiger partial charge in [0.25, 0.3) is 0 Å². The van der Waals surface area contributed by atoms with Gasteiger partial charge in [0.15, 0.2) is 0 Å². The molecule has 0 saturated carbocycles. The van der Waals surface area contributed by atoms with Crippen molar-refractivity contribution in [2.45, 2.75) is 6.92 Å². The van der Waals surface area contributed by atoms with Crippen molar-refractivity contribution in [1.29, 1.82) is 0 Å². The van der Waals surface area contributed by atoms with Gasteiger partial charge in [0.2, 0.25) is 0 Å². The molecule has 0 amide bonds. The molecule has 0 aliphatic heterocycles. The molecule has 2 aromatic carbocycles. The van der Waals surface area contributed by atoms with E-state index in [2.05, 4.69) is 79.4 Å². The number of hydrogen-bond donors (Lipinski definition) is 0. The van der Waals surface area contributed by atoms with Gasteiger partial charge in [-0.25, -0.2) is 0 Å². The van der Waals surface area contributed by atoms with Gasteiger partial charge < -0.3 is 0 Å². The minimum atomic E-state index is -1.13. The highest BCUT2D eigenvalue weighted by Gasteiger charge is 2.11. The van der Waals surface area contributed by atoms with Gasteiger partial charge >= 0.3 is 0 Å². The lowest BCUT2D eigenvalue weighted by Gasteiger charge is -2.11. The second-order valence-corrected chi connectivity index (χ2v) is 6.50. The Kier molecular flexibility index (Phi) is 3.73. The molecule has 0 saturated heterocycles. The molecule has 0 aliphatic rings. The van der Waals surface area contributed by atoms with E-state index in [1.165, 1.54) is 10.4 Å². The average Bonchev–Trinajstić information content (AvgIpc) is 2.38. The summed E-state index contributed by atoms with van der Waals surface area (Å²) in [6.07, 6.45) is 2.18. The number of allylic oxidation sites excluding steroid dienone is 1. The Hall–Kier alpha value is -1.60. The number of hydrogen-bond acceptors (Lipinski definition) is 0. The SMILES string of the molecule is CC=C[SiH](c1ccccc1)c1ccccc1. The van der Waals surface area contributed by atoms with Crippen LogP contribution in [-0.4, -0.2) is 8.80 Å². The lowest BCUT2D eigenvalue weighted by molar-refractivity contribution is 1.72. The molecule has 0 heterocycles. The zero-order chi connectivity index (χ0) is 11.2. The number of benzene rings is 2. The van der Waals surface area contributed by atoms with Crippen molar-refractivity contribution < 1.29 is 0 Å². The Morgan fingerprint density at radius 2 is 1.19 bits per heavy atom. The fourth-order valence-corrected chi connectivity index (χ4v) is 4.42. The molecular formula is C15H16Si. The van der Waals surface area contributed by atoms with Crippen molar-refractivity contribution in [2.75, 3.05) is 0 Å². The molecule has 80 valence electrons. The monoisotopic (exact) mass is 224 g/mol. The largest absolute Gasteiger partial charge is 0.125 e. The topological polar surface area (TPSA) is 0 Å². The second kappa shape index (κ2) is 5.47. The predicted octanol–water partition coefficient (Wildman–Crippen LogP) is 2.14. The molecule has 0 spiro atoms. The van der Waals surface area contributed by atoms with Gasteiger partial charge in [0.05, 0.1) is 0 Å². The summed E-state index contributed by atoms with van der Waals surface area (Å²) in [4.78, 5) is 0. The minimum Gasteiger partial charge on any atom is -0.0951 e. The van der Waals surface area contributed by atoms with Gasteiger partial charge in [-0.05, 0) is 6.92 Å². The first-order valence-corrected chi connectivity index (χ1v) is 7.46. The van der Waals surface area contributed by atoms with Crippen LogP contribution in [0, 0.1) is 0 Å². The molecule has 0 aromatic heterocycles. The van der Waals surface area contributed by atoms with Crippen LogP contribution in [-0.2, 0) is 0 Å². The van der Waals surface area contributed by atoms with Crippen molar-refractivity contribution in [1.82, 2.24) is 0 Å². The zero-order valence-corrected chi connectivity index (χ0v) is 10.7. The van der Waals surface area contributed by atoms with Crippen LogP contribution >= 0.6 is 0 Å². The predicted molar refractivity (Wildman–Crippen MR) is 74.1 cm³/mol. The van der Waals surface area contributed by atoms with Crippen LogP contribution in [0.25, 0.3) is 0 Å². The van der Waals surface area contributed by atoms with Crippen LogP contribution in [0.15, 0.2) is 72.4 Å². The van der Waals surface area contributed by atoms with Crippen molar-refractivity contribution in [3.63, 3.8) is 0 Å². The normalized spacial score (nSPS) is 11.1. The highest BCUT2D eigenvalue weighted by Crippen LogP contribution is 1.94. The third kappa shape index (κ3) is 2.50. The summed E-state index contributed by atoms with van der Waals surface area (Å²) in [6.45, 7) is 2.10. The van der Waals surface area contributed by atoms with Gasteiger partial charge in [-0.15, -0.1) is 0 Å². The molecule has 0 atom stereocenters. The summed E-state index contributed by atoms with van der Waals surface area (Å²) >= 11 is 0. The molecule has 16 heavy (non-hydrogen) atoms. The van der Waals surface area contributed by atoms with Crippen LogP contribution in [0.1, 0.15) is 6.92 Å². The van der Waals surface area contributed by atoms with Crippen molar-refractivity contribution >= 4 is 19.2 Å². The third-order valence-corrected chi connectivity index (χ3v) is 5.68. The van der Waals surface area contributed by atoms with Gasteiger partial charge in [0.1, 0.15) is 8.80 Å². The van der Waals surface area contributed by atoms with E-state index in [0.29, 0.717) is 0 Å². The Morgan fingerprint density at radius 1 is 0.750 bits per heavy atom. The summed E-state index contributed by atoms with van der Waals surface area (Å²) < 4.78 is 0. The first kappa shape index (κ1) is 10.9. The molecular weight excluding hydrogens is 208 g/mol. The summed E-state index contributed by atoms with van der Waals surface area (Å²) in [5, 5.41) is 2.96. The summed E-state index contributed by atoms with van der Waals surface area (Å²) in [5.74, 6) is 0. The van der Waals surface area contributed by atoms with Crippen LogP contribution in [0.3, 0.4) is 0 Å². The molecule has 0 radical (unpaired) electrons. The van der Waals surface area contributed by atoms with Gasteiger partial charge in [0, 0.05) is 0 Å². The molecule has 0 nitrogen and oxygen atoms in total. The lowest BCUT2D eigenvalue weighted by atomic mass is 10.4. The van der Waals surface area contributed by atoms with Gasteiger partial charge in [-0.3, -0.25) is 0 Å². The highest BCUT2D eigenvalue weighted by molar-refractivity contribution is 6.89. The standard InChI is InChI=1S/C15H16Si/c1-2-13-16(14-9-5-3-6-10-14)15-11-7-4-8-12-15/h2-13,16H,1H3. The molecule has 1 heteroatoms. The van der Waals surface area contributed by atoms with E-state index >= 15 is 0 Å². The highest BCUT2D eigenvalue weighted by atomic mass is 28.3. The third-order valence-electron chi connectivity index (χ3n) is 2.70. The molecule has 0 fully saturated rings. The Labute approximate surface area is 98.9 Å². The fourth-order valence-electron chi connectivity index (χ4n) is 1.93. The maximum atomic E-state index is 2.38. The molecule has 0 N–H and O–H groups in total. The average molecular weight is 224 g/mol. The Bertz CT molecular complexity index is 406. The molecule has 0 bridgehead atoms. The Balaban J connectivity index is 2.39. The quantitative estimate of drug-likeness (QED) is 0.701. The Morgan fingerprint density at radius 3 is 1.56 bits per heavy atom. The zero-order valence-electron chi connectivity index (χ0n) is 9.51.